The van der Waals surface area contributed by atoms with Crippen molar-refractivity contribution in [2.75, 3.05) is 13.1 Å². The van der Waals surface area contributed by atoms with Gasteiger partial charge in [0.15, 0.2) is 0 Å². The molecule has 1 aliphatic rings. The van der Waals surface area contributed by atoms with E-state index in [-0.39, 0.29) is 18.1 Å². The Morgan fingerprint density at radius 1 is 1.56 bits per heavy atom. The number of carbonyl (C=O) groups is 1. The minimum atomic E-state index is -0.482. The largest absolute Gasteiger partial charge is 0.444 e. The summed E-state index contributed by atoms with van der Waals surface area (Å²) >= 11 is 5.35. The third-order valence-electron chi connectivity index (χ3n) is 2.47. The zero-order valence-electron chi connectivity index (χ0n) is 11.1. The van der Waals surface area contributed by atoms with Crippen LogP contribution in [0.2, 0.25) is 0 Å². The number of hydrogen-bond donors (Lipinski definition) is 2. The smallest absolute Gasteiger partial charge is 0.410 e. The number of halogens is 1. The molecule has 1 atom stereocenters. The highest BCUT2D eigenvalue weighted by molar-refractivity contribution is 6.21. The number of aliphatic imine (C=N–C) groups is 1. The predicted molar refractivity (Wildman–Crippen MR) is 71.4 cm³/mol. The van der Waals surface area contributed by atoms with Gasteiger partial charge in [-0.15, -0.1) is 0 Å². The van der Waals surface area contributed by atoms with Gasteiger partial charge in [0.2, 0.25) is 5.96 Å². The maximum Gasteiger partial charge on any atom is 0.410 e. The van der Waals surface area contributed by atoms with Crippen molar-refractivity contribution in [2.45, 2.75) is 45.3 Å². The zero-order chi connectivity index (χ0) is 13.8. The summed E-state index contributed by atoms with van der Waals surface area (Å²) in [5.41, 5.74) is 5.02. The average Bonchev–Trinajstić information content (AvgIpc) is 2.27. The molecule has 0 aromatic heterocycles. The molecule has 3 N–H and O–H groups in total. The summed E-state index contributed by atoms with van der Waals surface area (Å²) in [4.78, 5) is 20.0. The SMILES string of the molecule is CC(C)(C)OC(=O)N1CCCC(N=C(N)NCl)C1. The molecule has 1 aliphatic heterocycles. The lowest BCUT2D eigenvalue weighted by molar-refractivity contribution is 0.0201. The van der Waals surface area contributed by atoms with Gasteiger partial charge in [0.05, 0.1) is 6.04 Å². The minimum Gasteiger partial charge on any atom is -0.444 e. The van der Waals surface area contributed by atoms with Crippen LogP contribution in [-0.2, 0) is 4.74 Å². The van der Waals surface area contributed by atoms with E-state index in [9.17, 15) is 4.79 Å². The number of hydrogen-bond acceptors (Lipinski definition) is 3. The van der Waals surface area contributed by atoms with Crippen LogP contribution >= 0.6 is 11.8 Å². The Morgan fingerprint density at radius 3 is 2.78 bits per heavy atom. The third-order valence-corrected chi connectivity index (χ3v) is 2.66. The summed E-state index contributed by atoms with van der Waals surface area (Å²) in [6.45, 7) is 6.74. The Morgan fingerprint density at radius 2 is 2.22 bits per heavy atom. The first kappa shape index (κ1) is 14.9. The molecule has 0 radical (unpaired) electrons. The van der Waals surface area contributed by atoms with Crippen LogP contribution in [0, 0.1) is 0 Å². The molecule has 0 spiro atoms. The standard InChI is InChI=1S/C11H21ClN4O2/c1-11(2,3)18-10(17)16-6-4-5-8(7-16)14-9(13)15-12/h8H,4-7H2,1-3H3,(H3,13,14,15). The Kier molecular flexibility index (Phi) is 5.07. The van der Waals surface area contributed by atoms with E-state index in [2.05, 4.69) is 9.83 Å². The quantitative estimate of drug-likeness (QED) is 0.431. The average molecular weight is 277 g/mol. The summed E-state index contributed by atoms with van der Waals surface area (Å²) in [6, 6.07) is -0.0301. The lowest BCUT2D eigenvalue weighted by Gasteiger charge is -2.32. The van der Waals surface area contributed by atoms with Crippen molar-refractivity contribution in [1.29, 1.82) is 0 Å². The van der Waals surface area contributed by atoms with E-state index < -0.39 is 5.60 Å². The van der Waals surface area contributed by atoms with Gasteiger partial charge in [-0.05, 0) is 33.6 Å². The maximum atomic E-state index is 11.9. The van der Waals surface area contributed by atoms with Gasteiger partial charge in [-0.25, -0.2) is 9.79 Å². The molecule has 0 saturated carbocycles. The molecule has 7 heteroatoms. The number of amides is 1. The lowest BCUT2D eigenvalue weighted by atomic mass is 10.1. The molecule has 0 aromatic carbocycles. The number of ether oxygens (including phenoxy) is 1. The van der Waals surface area contributed by atoms with Crippen molar-refractivity contribution in [2.24, 2.45) is 10.7 Å². The summed E-state index contributed by atoms with van der Waals surface area (Å²) < 4.78 is 5.32. The van der Waals surface area contributed by atoms with Crippen molar-refractivity contribution in [1.82, 2.24) is 9.74 Å². The van der Waals surface area contributed by atoms with E-state index in [0.29, 0.717) is 13.1 Å². The van der Waals surface area contributed by atoms with Crippen LogP contribution < -0.4 is 10.6 Å². The molecule has 0 bridgehead atoms. The van der Waals surface area contributed by atoms with E-state index in [1.165, 1.54) is 0 Å². The van der Waals surface area contributed by atoms with Gasteiger partial charge < -0.3 is 15.4 Å². The topological polar surface area (TPSA) is 80.0 Å². The van der Waals surface area contributed by atoms with Crippen LogP contribution in [0.5, 0.6) is 0 Å². The number of nitrogens with one attached hydrogen (secondary N) is 1. The Balaban J connectivity index is 2.56. The number of likely N-dealkylation sites (tertiary alicyclic amines) is 1. The van der Waals surface area contributed by atoms with Crippen LogP contribution in [-0.4, -0.2) is 41.7 Å². The molecule has 1 amide bonds. The van der Waals surface area contributed by atoms with Crippen LogP contribution in [0.25, 0.3) is 0 Å². The molecule has 0 aliphatic carbocycles. The van der Waals surface area contributed by atoms with E-state index in [1.807, 2.05) is 20.8 Å². The van der Waals surface area contributed by atoms with Gasteiger partial charge in [-0.1, -0.05) is 0 Å². The lowest BCUT2D eigenvalue weighted by Crippen LogP contribution is -2.45. The van der Waals surface area contributed by atoms with Crippen LogP contribution in [0.3, 0.4) is 0 Å². The fraction of sp³-hybridized carbons (Fsp3) is 0.818. The first-order valence-electron chi connectivity index (χ1n) is 5.99. The molecular weight excluding hydrogens is 256 g/mol. The van der Waals surface area contributed by atoms with Crippen molar-refractivity contribution >= 4 is 23.8 Å². The van der Waals surface area contributed by atoms with Gasteiger partial charge in [0.25, 0.3) is 0 Å². The molecule has 6 nitrogen and oxygen atoms in total. The molecular formula is C11H21ClN4O2. The Hall–Kier alpha value is -1.17. The molecule has 18 heavy (non-hydrogen) atoms. The Labute approximate surface area is 113 Å². The first-order valence-corrected chi connectivity index (χ1v) is 6.37. The fourth-order valence-electron chi connectivity index (χ4n) is 1.77. The molecule has 104 valence electrons. The van der Waals surface area contributed by atoms with Gasteiger partial charge in [0.1, 0.15) is 5.60 Å². The number of rotatable bonds is 1. The highest BCUT2D eigenvalue weighted by Crippen LogP contribution is 2.17. The number of carbonyl (C=O) groups excluding carboxylic acids is 1. The zero-order valence-corrected chi connectivity index (χ0v) is 11.8. The molecule has 1 fully saturated rings. The summed E-state index contributed by atoms with van der Waals surface area (Å²) in [7, 11) is 0. The van der Waals surface area contributed by atoms with Gasteiger partial charge in [-0.3, -0.25) is 4.84 Å². The van der Waals surface area contributed by atoms with Crippen LogP contribution in [0.15, 0.2) is 4.99 Å². The van der Waals surface area contributed by atoms with E-state index in [4.69, 9.17) is 22.2 Å². The summed E-state index contributed by atoms with van der Waals surface area (Å²) in [5, 5.41) is 0. The monoisotopic (exact) mass is 276 g/mol. The normalized spacial score (nSPS) is 21.7. The number of guanidine groups is 1. The summed E-state index contributed by atoms with van der Waals surface area (Å²) in [5.74, 6) is 0.174. The second kappa shape index (κ2) is 6.13. The summed E-state index contributed by atoms with van der Waals surface area (Å²) in [6.07, 6.45) is 1.46. The number of piperidine rings is 1. The van der Waals surface area contributed by atoms with E-state index in [0.717, 1.165) is 12.8 Å². The van der Waals surface area contributed by atoms with Gasteiger partial charge in [-0.2, -0.15) is 0 Å². The fourth-order valence-corrected chi connectivity index (χ4v) is 1.82. The molecule has 1 saturated heterocycles. The second-order valence-electron chi connectivity index (χ2n) is 5.33. The predicted octanol–water partition coefficient (Wildman–Crippen LogP) is 1.44. The van der Waals surface area contributed by atoms with Crippen LogP contribution in [0.4, 0.5) is 4.79 Å². The highest BCUT2D eigenvalue weighted by Gasteiger charge is 2.27. The molecule has 1 heterocycles. The van der Waals surface area contributed by atoms with Crippen molar-refractivity contribution in [3.8, 4) is 0 Å². The van der Waals surface area contributed by atoms with Crippen molar-refractivity contribution in [3.63, 3.8) is 0 Å². The maximum absolute atomic E-state index is 11.9. The number of nitrogens with zero attached hydrogens (tertiary/aromatic N) is 2. The molecule has 1 unspecified atom stereocenters. The van der Waals surface area contributed by atoms with E-state index in [1.54, 1.807) is 4.90 Å². The first-order chi connectivity index (χ1) is 8.31. The number of nitrogens with two attached hydrogens (primary N) is 1. The molecule has 0 aromatic rings. The third kappa shape index (κ3) is 5.00. The van der Waals surface area contributed by atoms with E-state index >= 15 is 0 Å². The van der Waals surface area contributed by atoms with Crippen molar-refractivity contribution in [3.05, 3.63) is 0 Å². The highest BCUT2D eigenvalue weighted by atomic mass is 35.5. The Bertz CT molecular complexity index is 327. The molecule has 1 rings (SSSR count). The van der Waals surface area contributed by atoms with Crippen molar-refractivity contribution < 1.29 is 9.53 Å². The van der Waals surface area contributed by atoms with Gasteiger partial charge in [0, 0.05) is 24.9 Å². The minimum absolute atomic E-state index is 0.0301. The van der Waals surface area contributed by atoms with Crippen LogP contribution in [0.1, 0.15) is 33.6 Å². The second-order valence-corrected chi connectivity index (χ2v) is 5.52. The van der Waals surface area contributed by atoms with Gasteiger partial charge >= 0.3 is 6.09 Å².